The van der Waals surface area contributed by atoms with Crippen LogP contribution >= 0.6 is 11.6 Å². The largest absolute Gasteiger partial charge is 0.430 e. The fraction of sp³-hybridized carbons (Fsp3) is 0.357. The van der Waals surface area contributed by atoms with Crippen molar-refractivity contribution in [1.29, 1.82) is 0 Å². The van der Waals surface area contributed by atoms with Crippen LogP contribution in [0.25, 0.3) is 11.1 Å². The maximum Gasteiger partial charge on any atom is 0.274 e. The van der Waals surface area contributed by atoms with E-state index in [0.717, 1.165) is 23.9 Å². The van der Waals surface area contributed by atoms with Crippen LogP contribution in [0.1, 0.15) is 38.5 Å². The first-order chi connectivity index (χ1) is 8.29. The van der Waals surface area contributed by atoms with Crippen molar-refractivity contribution in [1.82, 2.24) is 4.98 Å². The number of oxazole rings is 1. The molecule has 2 nitrogen and oxygen atoms in total. The van der Waals surface area contributed by atoms with Crippen LogP contribution in [-0.2, 0) is 0 Å². The van der Waals surface area contributed by atoms with Gasteiger partial charge in [-0.2, -0.15) is 0 Å². The number of rotatable bonds is 3. The number of benzene rings is 1. The average Bonchev–Trinajstić information content (AvgIpc) is 2.70. The molecule has 0 aliphatic carbocycles. The summed E-state index contributed by atoms with van der Waals surface area (Å²) >= 11 is 5.87. The summed E-state index contributed by atoms with van der Waals surface area (Å²) in [5.41, 5.74) is 1.49. The Labute approximate surface area is 106 Å². The van der Waals surface area contributed by atoms with Crippen molar-refractivity contribution in [2.24, 2.45) is 0 Å². The van der Waals surface area contributed by atoms with Crippen molar-refractivity contribution >= 4 is 22.7 Å². The number of fused-ring (bicyclic) bond motifs is 1. The smallest absolute Gasteiger partial charge is 0.274 e. The molecule has 0 saturated heterocycles. The molecule has 0 fully saturated rings. The lowest BCUT2D eigenvalue weighted by Gasteiger charge is -1.87. The third-order valence-corrected chi connectivity index (χ3v) is 2.69. The lowest BCUT2D eigenvalue weighted by molar-refractivity contribution is 0.586. The number of unbranched alkanes of at least 4 members (excludes halogenated alkanes) is 3. The van der Waals surface area contributed by atoms with Gasteiger partial charge in [0.2, 0.25) is 0 Å². The van der Waals surface area contributed by atoms with Crippen molar-refractivity contribution < 1.29 is 4.42 Å². The van der Waals surface area contributed by atoms with Crippen molar-refractivity contribution in [2.75, 3.05) is 0 Å². The van der Waals surface area contributed by atoms with Gasteiger partial charge in [0.25, 0.3) is 5.89 Å². The van der Waals surface area contributed by atoms with Crippen LogP contribution < -0.4 is 0 Å². The zero-order chi connectivity index (χ0) is 12.1. The molecule has 1 aromatic heterocycles. The third-order valence-electron chi connectivity index (χ3n) is 2.45. The first-order valence-electron chi connectivity index (χ1n) is 5.84. The zero-order valence-corrected chi connectivity index (χ0v) is 10.5. The molecule has 0 bridgehead atoms. The van der Waals surface area contributed by atoms with E-state index in [1.807, 2.05) is 6.07 Å². The minimum atomic E-state index is 0.471. The summed E-state index contributed by atoms with van der Waals surface area (Å²) in [6.45, 7) is 2.18. The summed E-state index contributed by atoms with van der Waals surface area (Å²) in [6.07, 6.45) is 4.46. The molecule has 0 radical (unpaired) electrons. The van der Waals surface area contributed by atoms with Crippen molar-refractivity contribution in [3.8, 4) is 11.8 Å². The van der Waals surface area contributed by atoms with E-state index in [0.29, 0.717) is 10.9 Å². The molecule has 2 aromatic rings. The average molecular weight is 248 g/mol. The minimum absolute atomic E-state index is 0.471. The number of aromatic nitrogens is 1. The van der Waals surface area contributed by atoms with E-state index in [1.165, 1.54) is 12.8 Å². The molecule has 0 atom stereocenters. The Morgan fingerprint density at radius 3 is 3.06 bits per heavy atom. The maximum atomic E-state index is 5.87. The molecule has 17 heavy (non-hydrogen) atoms. The van der Waals surface area contributed by atoms with Gasteiger partial charge >= 0.3 is 0 Å². The molecule has 1 heterocycles. The second-order valence-corrected chi connectivity index (χ2v) is 4.33. The molecule has 1 aromatic carbocycles. The SMILES string of the molecule is CCCCCC#Cc1nc2cc(Cl)ccc2o1. The molecule has 0 N–H and O–H groups in total. The Morgan fingerprint density at radius 1 is 1.35 bits per heavy atom. The van der Waals surface area contributed by atoms with Crippen molar-refractivity contribution in [3.63, 3.8) is 0 Å². The zero-order valence-electron chi connectivity index (χ0n) is 9.79. The Morgan fingerprint density at radius 2 is 2.24 bits per heavy atom. The van der Waals surface area contributed by atoms with E-state index in [1.54, 1.807) is 12.1 Å². The fourth-order valence-electron chi connectivity index (χ4n) is 1.56. The summed E-state index contributed by atoms with van der Waals surface area (Å²) in [5.74, 6) is 6.49. The fourth-order valence-corrected chi connectivity index (χ4v) is 1.72. The molecule has 0 amide bonds. The van der Waals surface area contributed by atoms with E-state index in [9.17, 15) is 0 Å². The molecular formula is C14H14ClNO. The summed E-state index contributed by atoms with van der Waals surface area (Å²) in [5, 5.41) is 0.660. The molecule has 0 saturated carbocycles. The number of halogens is 1. The Bertz CT molecular complexity index is 562. The van der Waals surface area contributed by atoms with Gasteiger partial charge in [-0.15, -0.1) is 0 Å². The predicted molar refractivity (Wildman–Crippen MR) is 70.0 cm³/mol. The molecule has 0 spiro atoms. The van der Waals surface area contributed by atoms with Gasteiger partial charge in [-0.3, -0.25) is 0 Å². The second kappa shape index (κ2) is 5.75. The highest BCUT2D eigenvalue weighted by Crippen LogP contribution is 2.19. The normalized spacial score (nSPS) is 10.2. The summed E-state index contributed by atoms with van der Waals surface area (Å²) in [6, 6.07) is 5.38. The van der Waals surface area contributed by atoms with Crippen LogP contribution in [0.5, 0.6) is 0 Å². The highest BCUT2D eigenvalue weighted by Gasteiger charge is 2.03. The van der Waals surface area contributed by atoms with Crippen LogP contribution in [0.3, 0.4) is 0 Å². The molecular weight excluding hydrogens is 234 g/mol. The van der Waals surface area contributed by atoms with Gasteiger partial charge < -0.3 is 4.42 Å². The lowest BCUT2D eigenvalue weighted by atomic mass is 10.2. The summed E-state index contributed by atoms with van der Waals surface area (Å²) in [4.78, 5) is 4.27. The van der Waals surface area contributed by atoms with Crippen LogP contribution in [0.4, 0.5) is 0 Å². The second-order valence-electron chi connectivity index (χ2n) is 3.89. The first-order valence-corrected chi connectivity index (χ1v) is 6.22. The van der Waals surface area contributed by atoms with E-state index in [-0.39, 0.29) is 0 Å². The monoisotopic (exact) mass is 247 g/mol. The van der Waals surface area contributed by atoms with E-state index in [4.69, 9.17) is 16.0 Å². The summed E-state index contributed by atoms with van der Waals surface area (Å²) < 4.78 is 5.49. The molecule has 0 aliphatic rings. The van der Waals surface area contributed by atoms with E-state index >= 15 is 0 Å². The van der Waals surface area contributed by atoms with Crippen LogP contribution in [0, 0.1) is 11.8 Å². The lowest BCUT2D eigenvalue weighted by Crippen LogP contribution is -1.74. The van der Waals surface area contributed by atoms with Gasteiger partial charge in [0.1, 0.15) is 5.52 Å². The number of nitrogens with zero attached hydrogens (tertiary/aromatic N) is 1. The number of hydrogen-bond acceptors (Lipinski definition) is 2. The summed E-state index contributed by atoms with van der Waals surface area (Å²) in [7, 11) is 0. The topological polar surface area (TPSA) is 26.0 Å². The van der Waals surface area contributed by atoms with E-state index in [2.05, 4.69) is 23.7 Å². The quantitative estimate of drug-likeness (QED) is 0.593. The minimum Gasteiger partial charge on any atom is -0.430 e. The highest BCUT2D eigenvalue weighted by atomic mass is 35.5. The van der Waals surface area contributed by atoms with Crippen LogP contribution in [-0.4, -0.2) is 4.98 Å². The van der Waals surface area contributed by atoms with Gasteiger partial charge in [0.05, 0.1) is 0 Å². The van der Waals surface area contributed by atoms with Gasteiger partial charge in [-0.1, -0.05) is 37.3 Å². The Kier molecular flexibility index (Phi) is 4.06. The standard InChI is InChI=1S/C14H14ClNO/c1-2-3-4-5-6-7-14-16-12-10-11(15)8-9-13(12)17-14/h8-10H,2-5H2,1H3. The third kappa shape index (κ3) is 3.25. The van der Waals surface area contributed by atoms with Gasteiger partial charge in [-0.05, 0) is 30.5 Å². The highest BCUT2D eigenvalue weighted by molar-refractivity contribution is 6.31. The molecule has 3 heteroatoms. The van der Waals surface area contributed by atoms with Gasteiger partial charge in [-0.25, -0.2) is 4.98 Å². The maximum absolute atomic E-state index is 5.87. The molecule has 88 valence electrons. The van der Waals surface area contributed by atoms with Gasteiger partial charge in [0.15, 0.2) is 5.58 Å². The first kappa shape index (κ1) is 12.0. The van der Waals surface area contributed by atoms with E-state index < -0.39 is 0 Å². The van der Waals surface area contributed by atoms with Crippen molar-refractivity contribution in [2.45, 2.75) is 32.6 Å². The van der Waals surface area contributed by atoms with Crippen molar-refractivity contribution in [3.05, 3.63) is 29.1 Å². The molecule has 2 rings (SSSR count). The predicted octanol–water partition coefficient (Wildman–Crippen LogP) is 4.41. The van der Waals surface area contributed by atoms with Crippen LogP contribution in [0.15, 0.2) is 22.6 Å². The molecule has 0 unspecified atom stereocenters. The molecule has 0 aliphatic heterocycles. The Hall–Kier alpha value is -1.46. The van der Waals surface area contributed by atoms with Gasteiger partial charge in [0, 0.05) is 11.4 Å². The number of hydrogen-bond donors (Lipinski definition) is 0. The Balaban J connectivity index is 2.08. The van der Waals surface area contributed by atoms with Crippen LogP contribution in [0.2, 0.25) is 5.02 Å².